The number of nitrogens with zero attached hydrogens (tertiary/aromatic N) is 1. The van der Waals surface area contributed by atoms with Crippen LogP contribution < -0.4 is 0 Å². The van der Waals surface area contributed by atoms with E-state index < -0.39 is 58.4 Å². The summed E-state index contributed by atoms with van der Waals surface area (Å²) >= 11 is 0. The number of allylic oxidation sites excluding steroid dienone is 4. The van der Waals surface area contributed by atoms with Crippen molar-refractivity contribution < 1.29 is 53.2 Å². The van der Waals surface area contributed by atoms with Crippen molar-refractivity contribution in [3.8, 4) is 0 Å². The summed E-state index contributed by atoms with van der Waals surface area (Å²) in [4.78, 5) is 81.7. The number of ether oxygens (including phenoxy) is 3. The van der Waals surface area contributed by atoms with Crippen LogP contribution in [0.2, 0.25) is 0 Å². The first kappa shape index (κ1) is 46.7. The highest BCUT2D eigenvalue weighted by atomic mass is 16.6. The first-order chi connectivity index (χ1) is 30.3. The maximum Gasteiger partial charge on any atom is 0.306 e. The SMILES string of the molecule is CC(C)(C)OC(=O)CCC(C(=O)Cc1ccc2cnccc2c1)c1ccc(CCOC(=O)CCC(=O)OCC(=O)[C@@]2(O)CC[C@H]3[C@@H]4CCC5=CC(=O)C=C[C@]5(C)[C@H]4[C@@H](O)C[C@@]32C)cc1. The van der Waals surface area contributed by atoms with Crippen molar-refractivity contribution in [3.05, 3.63) is 101 Å². The minimum Gasteiger partial charge on any atom is -0.465 e. The minimum atomic E-state index is -1.79. The van der Waals surface area contributed by atoms with Crippen LogP contribution in [-0.2, 0) is 55.8 Å². The fourth-order valence-corrected chi connectivity index (χ4v) is 11.3. The Morgan fingerprint density at radius 1 is 0.891 bits per heavy atom. The fraction of sp³-hybridized carbons (Fsp3) is 0.519. The van der Waals surface area contributed by atoms with Crippen molar-refractivity contribution >= 4 is 46.0 Å². The number of ketones is 3. The highest BCUT2D eigenvalue weighted by Crippen LogP contribution is 2.67. The second-order valence-electron chi connectivity index (χ2n) is 19.8. The zero-order valence-corrected chi connectivity index (χ0v) is 37.6. The fourth-order valence-electron chi connectivity index (χ4n) is 11.3. The Morgan fingerprint density at radius 3 is 2.34 bits per heavy atom. The number of esters is 3. The minimum absolute atomic E-state index is 0.0237. The quantitative estimate of drug-likeness (QED) is 0.109. The number of aliphatic hydroxyl groups excluding tert-OH is 1. The van der Waals surface area contributed by atoms with Crippen LogP contribution >= 0.6 is 0 Å². The van der Waals surface area contributed by atoms with Gasteiger partial charge in [0.2, 0.25) is 5.78 Å². The van der Waals surface area contributed by atoms with Crippen LogP contribution in [0.4, 0.5) is 0 Å². The Labute approximate surface area is 374 Å². The van der Waals surface area contributed by atoms with Gasteiger partial charge in [0, 0.05) is 59.7 Å². The monoisotopic (exact) mass is 875 g/mol. The lowest BCUT2D eigenvalue weighted by Gasteiger charge is -2.59. The molecule has 0 radical (unpaired) electrons. The first-order valence-electron chi connectivity index (χ1n) is 22.6. The largest absolute Gasteiger partial charge is 0.465 e. The number of carbonyl (C=O) groups is 6. The van der Waals surface area contributed by atoms with Crippen LogP contribution in [0, 0.1) is 28.6 Å². The van der Waals surface area contributed by atoms with E-state index in [1.807, 2.05) is 61.5 Å². The molecule has 1 aromatic heterocycles. The molecule has 0 bridgehead atoms. The normalized spacial score (nSPS) is 27.7. The molecule has 0 aliphatic heterocycles. The highest BCUT2D eigenvalue weighted by Gasteiger charge is 2.68. The van der Waals surface area contributed by atoms with Gasteiger partial charge in [-0.2, -0.15) is 0 Å². The lowest BCUT2D eigenvalue weighted by molar-refractivity contribution is -0.181. The van der Waals surface area contributed by atoms with Crippen molar-refractivity contribution in [1.29, 1.82) is 0 Å². The Balaban J connectivity index is 0.872. The smallest absolute Gasteiger partial charge is 0.306 e. The van der Waals surface area contributed by atoms with Crippen molar-refractivity contribution in [2.45, 2.75) is 128 Å². The highest BCUT2D eigenvalue weighted by molar-refractivity contribution is 6.01. The number of benzene rings is 2. The molecule has 7 rings (SSSR count). The van der Waals surface area contributed by atoms with Gasteiger partial charge < -0.3 is 24.4 Å². The van der Waals surface area contributed by atoms with Crippen molar-refractivity contribution in [1.82, 2.24) is 4.98 Å². The van der Waals surface area contributed by atoms with Crippen molar-refractivity contribution in [3.63, 3.8) is 0 Å². The maximum absolute atomic E-state index is 13.8. The van der Waals surface area contributed by atoms with Crippen LogP contribution in [0.15, 0.2) is 84.7 Å². The zero-order valence-electron chi connectivity index (χ0n) is 37.6. The van der Waals surface area contributed by atoms with E-state index in [4.69, 9.17) is 14.2 Å². The molecular formula is C52H61NO11. The van der Waals surface area contributed by atoms with E-state index in [1.165, 1.54) is 0 Å². The molecule has 2 aromatic carbocycles. The molecule has 12 heteroatoms. The summed E-state index contributed by atoms with van der Waals surface area (Å²) in [6.07, 6.45) is 10.7. The first-order valence-corrected chi connectivity index (χ1v) is 22.6. The second-order valence-corrected chi connectivity index (χ2v) is 19.8. The van der Waals surface area contributed by atoms with E-state index in [9.17, 15) is 39.0 Å². The number of aromatic nitrogens is 1. The van der Waals surface area contributed by atoms with E-state index in [0.29, 0.717) is 19.3 Å². The molecule has 64 heavy (non-hydrogen) atoms. The standard InChI is InChI=1S/C52H61NO11/c1-49(2,3)64-47(60)15-14-39(42(55)27-33-8-11-36-30-53-24-20-35(36)26-33)34-9-6-32(7-10-34)21-25-62-45(58)16-17-46(59)63-31-44(57)52(61)23-19-41-40-13-12-37-28-38(54)18-22-50(37,4)48(40)43(56)29-51(41,52)5/h6-11,18,20,22,24,26,28,30,39-41,43,48,56,61H,12-17,19,21,23,25,27,29,31H2,1-5H3/t39?,40-,41-,43-,48+,50-,51-,52-/m0/s1. The van der Waals surface area contributed by atoms with Gasteiger partial charge in [0.05, 0.1) is 25.6 Å². The topological polar surface area (TPSA) is 183 Å². The van der Waals surface area contributed by atoms with Gasteiger partial charge in [0.25, 0.3) is 0 Å². The number of hydrogen-bond acceptors (Lipinski definition) is 12. The van der Waals surface area contributed by atoms with Gasteiger partial charge in [0.1, 0.15) is 17.0 Å². The number of aliphatic hydroxyl groups is 2. The summed E-state index contributed by atoms with van der Waals surface area (Å²) in [6.45, 7) is 8.75. The third-order valence-corrected chi connectivity index (χ3v) is 14.6. The van der Waals surface area contributed by atoms with Gasteiger partial charge in [-0.1, -0.05) is 68.0 Å². The van der Waals surface area contributed by atoms with Gasteiger partial charge in [-0.25, -0.2) is 0 Å². The summed E-state index contributed by atoms with van der Waals surface area (Å²) in [7, 11) is 0. The van der Waals surface area contributed by atoms with Gasteiger partial charge >= 0.3 is 17.9 Å². The Hall–Kier alpha value is -5.33. The van der Waals surface area contributed by atoms with Crippen LogP contribution in [0.25, 0.3) is 10.8 Å². The maximum atomic E-state index is 13.8. The average Bonchev–Trinajstić information content (AvgIpc) is 3.52. The molecule has 0 amide bonds. The summed E-state index contributed by atoms with van der Waals surface area (Å²) < 4.78 is 16.2. The van der Waals surface area contributed by atoms with E-state index in [2.05, 4.69) is 11.9 Å². The number of hydrogen-bond donors (Lipinski definition) is 2. The zero-order chi connectivity index (χ0) is 46.0. The molecule has 0 spiro atoms. The molecule has 3 fully saturated rings. The summed E-state index contributed by atoms with van der Waals surface area (Å²) in [5.41, 5.74) is -0.311. The van der Waals surface area contributed by atoms with Gasteiger partial charge in [-0.05, 0) is 111 Å². The second kappa shape index (κ2) is 18.6. The molecule has 8 atom stereocenters. The summed E-state index contributed by atoms with van der Waals surface area (Å²) in [5, 5.41) is 25.6. The number of fused-ring (bicyclic) bond motifs is 6. The average molecular weight is 876 g/mol. The third-order valence-electron chi connectivity index (χ3n) is 14.6. The molecule has 4 aliphatic carbocycles. The van der Waals surface area contributed by atoms with E-state index in [-0.39, 0.29) is 86.8 Å². The molecule has 1 unspecified atom stereocenters. The summed E-state index contributed by atoms with van der Waals surface area (Å²) in [5.74, 6) is -3.12. The lowest BCUT2D eigenvalue weighted by atomic mass is 9.46. The third kappa shape index (κ3) is 9.83. The molecule has 0 saturated heterocycles. The van der Waals surface area contributed by atoms with Gasteiger partial charge in [0.15, 0.2) is 12.4 Å². The van der Waals surface area contributed by atoms with Gasteiger partial charge in [-0.15, -0.1) is 0 Å². The Morgan fingerprint density at radius 2 is 1.61 bits per heavy atom. The molecule has 2 N–H and O–H groups in total. The predicted octanol–water partition coefficient (Wildman–Crippen LogP) is 7.24. The number of carbonyl (C=O) groups excluding carboxylic acids is 6. The van der Waals surface area contributed by atoms with E-state index >= 15 is 0 Å². The number of rotatable bonds is 16. The lowest BCUT2D eigenvalue weighted by Crippen LogP contribution is -2.61. The van der Waals surface area contributed by atoms with Gasteiger partial charge in [-0.3, -0.25) is 33.8 Å². The van der Waals surface area contributed by atoms with Crippen LogP contribution in [0.5, 0.6) is 0 Å². The molecule has 12 nitrogen and oxygen atoms in total. The van der Waals surface area contributed by atoms with Crippen molar-refractivity contribution in [2.24, 2.45) is 28.6 Å². The van der Waals surface area contributed by atoms with E-state index in [1.54, 1.807) is 45.3 Å². The molecule has 4 aliphatic rings. The van der Waals surface area contributed by atoms with Crippen molar-refractivity contribution in [2.75, 3.05) is 13.2 Å². The Bertz CT molecular complexity index is 2360. The number of pyridine rings is 1. The van der Waals surface area contributed by atoms with Crippen LogP contribution in [-0.4, -0.2) is 81.0 Å². The van der Waals surface area contributed by atoms with Crippen LogP contribution in [0.1, 0.15) is 115 Å². The van der Waals surface area contributed by atoms with E-state index in [0.717, 1.165) is 39.5 Å². The molecule has 3 aromatic rings. The molecule has 340 valence electrons. The molecule has 3 saturated carbocycles. The predicted molar refractivity (Wildman–Crippen MR) is 238 cm³/mol. The Kier molecular flexibility index (Phi) is 13.6. The molecular weight excluding hydrogens is 815 g/mol. The summed E-state index contributed by atoms with van der Waals surface area (Å²) in [6, 6.07) is 15.2. The number of Topliss-reactive ketones (excluding diaryl/α,β-unsaturated/α-hetero) is 2. The van der Waals surface area contributed by atoms with Crippen LogP contribution in [0.3, 0.4) is 0 Å². The molecule has 1 heterocycles.